The van der Waals surface area contributed by atoms with Gasteiger partial charge in [-0.15, -0.1) is 0 Å². The number of nitrogens with two attached hydrogens (primary N) is 1. The highest BCUT2D eigenvalue weighted by Crippen LogP contribution is 2.21. The fraction of sp³-hybridized carbons (Fsp3) is 0.364. The summed E-state index contributed by atoms with van der Waals surface area (Å²) in [4.78, 5) is 11.1. The fourth-order valence-electron chi connectivity index (χ4n) is 1.19. The van der Waals surface area contributed by atoms with Crippen molar-refractivity contribution in [3.8, 4) is 5.75 Å². The maximum Gasteiger partial charge on any atom is 0.405 e. The van der Waals surface area contributed by atoms with E-state index in [2.05, 4.69) is 0 Å². The summed E-state index contributed by atoms with van der Waals surface area (Å²) in [5.41, 5.74) is 6.86. The zero-order chi connectivity index (χ0) is 13.8. The third kappa shape index (κ3) is 4.94. The van der Waals surface area contributed by atoms with E-state index in [9.17, 15) is 18.0 Å². The molecule has 0 aliphatic rings. The van der Waals surface area contributed by atoms with Crippen molar-refractivity contribution in [2.75, 3.05) is 18.9 Å². The number of nitrogens with one attached hydrogen (secondary N) is 1. The van der Waals surface area contributed by atoms with Gasteiger partial charge in [-0.1, -0.05) is 6.07 Å². The molecule has 0 aromatic heterocycles. The van der Waals surface area contributed by atoms with Gasteiger partial charge in [0.2, 0.25) is 0 Å². The molecular formula is C11H13F3N2O2. The topological polar surface area (TPSA) is 64.3 Å². The van der Waals surface area contributed by atoms with Crippen LogP contribution in [-0.2, 0) is 4.79 Å². The molecule has 0 heterocycles. The maximum absolute atomic E-state index is 11.8. The Bertz CT molecular complexity index is 433. The van der Waals surface area contributed by atoms with Gasteiger partial charge in [0.05, 0.1) is 5.69 Å². The summed E-state index contributed by atoms with van der Waals surface area (Å²) in [6.45, 7) is -0.0574. The minimum Gasteiger partial charge on any atom is -0.482 e. The SMILES string of the molecule is Cc1ccc(OCC(=O)NCC(F)(F)F)c(N)c1. The maximum atomic E-state index is 11.8. The molecule has 0 unspecified atom stereocenters. The van der Waals surface area contributed by atoms with Crippen LogP contribution in [0.15, 0.2) is 18.2 Å². The summed E-state index contributed by atoms with van der Waals surface area (Å²) in [5, 5.41) is 1.69. The Balaban J connectivity index is 2.43. The van der Waals surface area contributed by atoms with Gasteiger partial charge >= 0.3 is 6.18 Å². The van der Waals surface area contributed by atoms with Crippen LogP contribution in [0.3, 0.4) is 0 Å². The van der Waals surface area contributed by atoms with E-state index in [0.717, 1.165) is 5.56 Å². The van der Waals surface area contributed by atoms with Crippen LogP contribution in [-0.4, -0.2) is 25.2 Å². The van der Waals surface area contributed by atoms with Crippen LogP contribution in [0, 0.1) is 6.92 Å². The van der Waals surface area contributed by atoms with E-state index in [1.165, 1.54) is 0 Å². The summed E-state index contributed by atoms with van der Waals surface area (Å²) in [6, 6.07) is 4.92. The number of ether oxygens (including phenoxy) is 1. The van der Waals surface area contributed by atoms with E-state index in [4.69, 9.17) is 10.5 Å². The van der Waals surface area contributed by atoms with Crippen molar-refractivity contribution in [2.45, 2.75) is 13.1 Å². The van der Waals surface area contributed by atoms with Gasteiger partial charge in [0.25, 0.3) is 5.91 Å². The molecule has 1 rings (SSSR count). The van der Waals surface area contributed by atoms with Crippen molar-refractivity contribution in [1.82, 2.24) is 5.32 Å². The number of hydrogen-bond donors (Lipinski definition) is 2. The molecule has 4 nitrogen and oxygen atoms in total. The molecule has 7 heteroatoms. The van der Waals surface area contributed by atoms with Gasteiger partial charge < -0.3 is 15.8 Å². The number of carbonyl (C=O) groups is 1. The molecule has 0 aliphatic heterocycles. The molecule has 1 amide bonds. The predicted octanol–water partition coefficient (Wildman–Crippen LogP) is 1.63. The number of rotatable bonds is 4. The summed E-state index contributed by atoms with van der Waals surface area (Å²) in [7, 11) is 0. The van der Waals surface area contributed by atoms with Gasteiger partial charge in [0, 0.05) is 0 Å². The van der Waals surface area contributed by atoms with Gasteiger partial charge in [-0.3, -0.25) is 4.79 Å². The lowest BCUT2D eigenvalue weighted by Crippen LogP contribution is -2.36. The fourth-order valence-corrected chi connectivity index (χ4v) is 1.19. The first-order valence-corrected chi connectivity index (χ1v) is 5.10. The summed E-state index contributed by atoms with van der Waals surface area (Å²) >= 11 is 0. The highest BCUT2D eigenvalue weighted by molar-refractivity contribution is 5.77. The minimum absolute atomic E-state index is 0.266. The number of amides is 1. The van der Waals surface area contributed by atoms with E-state index < -0.39 is 25.2 Å². The molecule has 0 fully saturated rings. The first kappa shape index (κ1) is 14.1. The zero-order valence-corrected chi connectivity index (χ0v) is 9.67. The van der Waals surface area contributed by atoms with E-state index in [0.29, 0.717) is 5.69 Å². The number of alkyl halides is 3. The van der Waals surface area contributed by atoms with Gasteiger partial charge in [0.1, 0.15) is 12.3 Å². The number of aryl methyl sites for hydroxylation is 1. The minimum atomic E-state index is -4.43. The first-order valence-electron chi connectivity index (χ1n) is 5.10. The predicted molar refractivity (Wildman–Crippen MR) is 60.2 cm³/mol. The number of carbonyl (C=O) groups excluding carboxylic acids is 1. The zero-order valence-electron chi connectivity index (χ0n) is 9.67. The second kappa shape index (κ2) is 5.61. The number of benzene rings is 1. The highest BCUT2D eigenvalue weighted by atomic mass is 19.4. The van der Waals surface area contributed by atoms with Gasteiger partial charge in [-0.25, -0.2) is 0 Å². The Morgan fingerprint density at radius 1 is 1.44 bits per heavy atom. The number of hydrogen-bond acceptors (Lipinski definition) is 3. The van der Waals surface area contributed by atoms with Gasteiger partial charge in [0.15, 0.2) is 6.61 Å². The Kier molecular flexibility index (Phi) is 4.41. The lowest BCUT2D eigenvalue weighted by molar-refractivity contribution is -0.139. The normalized spacial score (nSPS) is 11.1. The lowest BCUT2D eigenvalue weighted by Gasteiger charge is -2.11. The van der Waals surface area contributed by atoms with Crippen LogP contribution >= 0.6 is 0 Å². The van der Waals surface area contributed by atoms with Crippen molar-refractivity contribution in [1.29, 1.82) is 0 Å². The average molecular weight is 262 g/mol. The molecule has 0 saturated carbocycles. The standard InChI is InChI=1S/C11H13F3N2O2/c1-7-2-3-9(8(15)4-7)18-5-10(17)16-6-11(12,13)14/h2-4H,5-6,15H2,1H3,(H,16,17). The number of anilines is 1. The Morgan fingerprint density at radius 2 is 2.11 bits per heavy atom. The molecule has 0 atom stereocenters. The Hall–Kier alpha value is -1.92. The largest absolute Gasteiger partial charge is 0.482 e. The van der Waals surface area contributed by atoms with Crippen LogP contribution in [0.25, 0.3) is 0 Å². The number of halogens is 3. The van der Waals surface area contributed by atoms with E-state index >= 15 is 0 Å². The van der Waals surface area contributed by atoms with Crippen molar-refractivity contribution >= 4 is 11.6 Å². The summed E-state index contributed by atoms with van der Waals surface area (Å²) in [6.07, 6.45) is -4.43. The third-order valence-corrected chi connectivity index (χ3v) is 2.01. The molecule has 0 radical (unpaired) electrons. The lowest BCUT2D eigenvalue weighted by atomic mass is 10.2. The molecule has 0 spiro atoms. The summed E-state index contributed by atoms with van der Waals surface area (Å²) < 4.78 is 40.5. The van der Waals surface area contributed by atoms with Gasteiger partial charge in [-0.2, -0.15) is 13.2 Å². The van der Waals surface area contributed by atoms with E-state index in [-0.39, 0.29) is 5.75 Å². The highest BCUT2D eigenvalue weighted by Gasteiger charge is 2.27. The number of nitrogen functional groups attached to an aromatic ring is 1. The molecule has 0 bridgehead atoms. The van der Waals surface area contributed by atoms with Crippen LogP contribution < -0.4 is 15.8 Å². The van der Waals surface area contributed by atoms with Crippen molar-refractivity contribution in [3.63, 3.8) is 0 Å². The van der Waals surface area contributed by atoms with Crippen LogP contribution in [0.4, 0.5) is 18.9 Å². The first-order chi connectivity index (χ1) is 8.28. The quantitative estimate of drug-likeness (QED) is 0.811. The molecular weight excluding hydrogens is 249 g/mol. The van der Waals surface area contributed by atoms with Crippen LogP contribution in [0.1, 0.15) is 5.56 Å². The third-order valence-electron chi connectivity index (χ3n) is 2.01. The van der Waals surface area contributed by atoms with Crippen LogP contribution in [0.2, 0.25) is 0 Å². The second-order valence-corrected chi connectivity index (χ2v) is 3.72. The van der Waals surface area contributed by atoms with Crippen molar-refractivity contribution in [3.05, 3.63) is 23.8 Å². The van der Waals surface area contributed by atoms with E-state index in [1.807, 2.05) is 6.92 Å². The molecule has 18 heavy (non-hydrogen) atoms. The monoisotopic (exact) mass is 262 g/mol. The molecule has 3 N–H and O–H groups in total. The van der Waals surface area contributed by atoms with Crippen LogP contribution in [0.5, 0.6) is 5.75 Å². The molecule has 0 saturated heterocycles. The summed E-state index contributed by atoms with van der Waals surface area (Å²) in [5.74, 6) is -0.588. The van der Waals surface area contributed by atoms with E-state index in [1.54, 1.807) is 23.5 Å². The second-order valence-electron chi connectivity index (χ2n) is 3.72. The Morgan fingerprint density at radius 3 is 2.67 bits per heavy atom. The molecule has 100 valence electrons. The molecule has 1 aromatic rings. The Labute approximate surface area is 102 Å². The van der Waals surface area contributed by atoms with Gasteiger partial charge in [-0.05, 0) is 24.6 Å². The smallest absolute Gasteiger partial charge is 0.405 e. The average Bonchev–Trinajstić information content (AvgIpc) is 2.24. The van der Waals surface area contributed by atoms with Crippen molar-refractivity contribution < 1.29 is 22.7 Å². The molecule has 0 aliphatic carbocycles. The van der Waals surface area contributed by atoms with Crippen molar-refractivity contribution in [2.24, 2.45) is 0 Å². The molecule has 1 aromatic carbocycles.